The summed E-state index contributed by atoms with van der Waals surface area (Å²) < 4.78 is 23.8. The number of carbonyl (C=O) groups is 2. The molecule has 11 heteroatoms. The van der Waals surface area contributed by atoms with Crippen molar-refractivity contribution >= 4 is 17.5 Å². The molecule has 0 unspecified atom stereocenters. The van der Waals surface area contributed by atoms with Crippen molar-refractivity contribution in [3.05, 3.63) is 77.6 Å². The van der Waals surface area contributed by atoms with E-state index in [1.165, 1.54) is 0 Å². The summed E-state index contributed by atoms with van der Waals surface area (Å²) in [4.78, 5) is 35.2. The van der Waals surface area contributed by atoms with Gasteiger partial charge in [0.2, 0.25) is 6.79 Å². The molecule has 0 spiro atoms. The molecule has 3 heterocycles. The molecule has 4 atom stereocenters. The first kappa shape index (κ1) is 34.2. The molecule has 0 aliphatic carbocycles. The Hall–Kier alpha value is -4.19. The quantitative estimate of drug-likeness (QED) is 0.349. The van der Waals surface area contributed by atoms with Crippen molar-refractivity contribution in [2.45, 2.75) is 64.8 Å². The SMILES string of the molecule is C[C@@H]1CCCCO[C@H](CN(C)Cc2ccc3c(c2)OCO3)[C@H](C)CN([C@@H](C)CO)C(=O)c2cc(NC(=O)c3ccncc3)ccc2O1. The van der Waals surface area contributed by atoms with Crippen LogP contribution in [0.3, 0.4) is 0 Å². The number of nitrogens with zero attached hydrogens (tertiary/aromatic N) is 3. The highest BCUT2D eigenvalue weighted by molar-refractivity contribution is 6.05. The lowest BCUT2D eigenvalue weighted by Crippen LogP contribution is -2.47. The minimum atomic E-state index is -0.467. The summed E-state index contributed by atoms with van der Waals surface area (Å²) in [6.07, 6.45) is 5.37. The van der Waals surface area contributed by atoms with Gasteiger partial charge in [-0.05, 0) is 88.2 Å². The molecule has 2 aliphatic heterocycles. The Morgan fingerprint density at radius 1 is 1.06 bits per heavy atom. The number of hydrogen-bond acceptors (Lipinski definition) is 9. The van der Waals surface area contributed by atoms with Crippen LogP contribution in [0, 0.1) is 5.92 Å². The predicted molar refractivity (Wildman–Crippen MR) is 178 cm³/mol. The maximum atomic E-state index is 14.4. The van der Waals surface area contributed by atoms with E-state index >= 15 is 0 Å². The summed E-state index contributed by atoms with van der Waals surface area (Å²) in [5.41, 5.74) is 2.35. The van der Waals surface area contributed by atoms with Crippen molar-refractivity contribution in [1.82, 2.24) is 14.8 Å². The average Bonchev–Trinajstić information content (AvgIpc) is 3.54. The van der Waals surface area contributed by atoms with Gasteiger partial charge in [-0.1, -0.05) is 13.0 Å². The summed E-state index contributed by atoms with van der Waals surface area (Å²) in [7, 11) is 2.06. The van der Waals surface area contributed by atoms with Gasteiger partial charge in [-0.3, -0.25) is 19.5 Å². The zero-order valence-electron chi connectivity index (χ0n) is 27.7. The summed E-state index contributed by atoms with van der Waals surface area (Å²) >= 11 is 0. The van der Waals surface area contributed by atoms with E-state index in [9.17, 15) is 14.7 Å². The second-order valence-corrected chi connectivity index (χ2v) is 12.6. The Balaban J connectivity index is 1.38. The van der Waals surface area contributed by atoms with E-state index in [4.69, 9.17) is 18.9 Å². The number of hydrogen-bond donors (Lipinski definition) is 2. The van der Waals surface area contributed by atoms with Crippen molar-refractivity contribution < 1.29 is 33.6 Å². The molecule has 2 amide bonds. The molecule has 47 heavy (non-hydrogen) atoms. The second kappa shape index (κ2) is 16.1. The van der Waals surface area contributed by atoms with Gasteiger partial charge in [0.1, 0.15) is 5.75 Å². The van der Waals surface area contributed by atoms with Crippen LogP contribution in [-0.2, 0) is 11.3 Å². The molecular weight excluding hydrogens is 600 g/mol. The number of likely N-dealkylation sites (N-methyl/N-ethyl adjacent to an activating group) is 1. The van der Waals surface area contributed by atoms with E-state index in [0.717, 1.165) is 36.3 Å². The Morgan fingerprint density at radius 2 is 1.83 bits per heavy atom. The number of aliphatic hydroxyl groups is 1. The van der Waals surface area contributed by atoms with E-state index in [1.807, 2.05) is 32.0 Å². The normalized spacial score (nSPS) is 21.0. The van der Waals surface area contributed by atoms with Gasteiger partial charge in [0.05, 0.1) is 30.4 Å². The summed E-state index contributed by atoms with van der Waals surface area (Å²) in [6, 6.07) is 13.9. The highest BCUT2D eigenvalue weighted by Crippen LogP contribution is 2.33. The molecule has 11 nitrogen and oxygen atoms in total. The number of aliphatic hydroxyl groups excluding tert-OH is 1. The first-order chi connectivity index (χ1) is 22.7. The van der Waals surface area contributed by atoms with Crippen LogP contribution in [0.2, 0.25) is 0 Å². The zero-order chi connectivity index (χ0) is 33.3. The third kappa shape index (κ3) is 9.00. The monoisotopic (exact) mass is 646 g/mol. The fourth-order valence-electron chi connectivity index (χ4n) is 5.89. The number of rotatable bonds is 8. The van der Waals surface area contributed by atoms with Crippen molar-refractivity contribution in [2.24, 2.45) is 5.92 Å². The number of aromatic nitrogens is 1. The van der Waals surface area contributed by atoms with Crippen molar-refractivity contribution in [1.29, 1.82) is 0 Å². The smallest absolute Gasteiger partial charge is 0.258 e. The Bertz CT molecular complexity index is 1500. The van der Waals surface area contributed by atoms with Gasteiger partial charge < -0.3 is 34.3 Å². The van der Waals surface area contributed by atoms with E-state index in [0.29, 0.717) is 48.8 Å². The molecule has 0 saturated carbocycles. The van der Waals surface area contributed by atoms with E-state index in [-0.39, 0.29) is 43.3 Å². The van der Waals surface area contributed by atoms with Crippen LogP contribution < -0.4 is 19.5 Å². The third-order valence-electron chi connectivity index (χ3n) is 8.63. The van der Waals surface area contributed by atoms with E-state index in [1.54, 1.807) is 47.6 Å². The molecule has 5 rings (SSSR count). The van der Waals surface area contributed by atoms with Gasteiger partial charge in [-0.25, -0.2) is 0 Å². The number of amides is 2. The highest BCUT2D eigenvalue weighted by atomic mass is 16.7. The van der Waals surface area contributed by atoms with E-state index < -0.39 is 6.04 Å². The minimum Gasteiger partial charge on any atom is -0.490 e. The van der Waals surface area contributed by atoms with Crippen LogP contribution in [0.4, 0.5) is 5.69 Å². The fourth-order valence-corrected chi connectivity index (χ4v) is 5.89. The number of pyridine rings is 1. The van der Waals surface area contributed by atoms with Crippen molar-refractivity contribution in [2.75, 3.05) is 45.5 Å². The van der Waals surface area contributed by atoms with Gasteiger partial charge in [-0.2, -0.15) is 0 Å². The van der Waals surface area contributed by atoms with Gasteiger partial charge in [0.25, 0.3) is 11.8 Å². The lowest BCUT2D eigenvalue weighted by atomic mass is 10.0. The lowest BCUT2D eigenvalue weighted by Gasteiger charge is -2.36. The highest BCUT2D eigenvalue weighted by Gasteiger charge is 2.30. The Labute approximate surface area is 276 Å². The molecule has 0 bridgehead atoms. The Morgan fingerprint density at radius 3 is 2.62 bits per heavy atom. The van der Waals surface area contributed by atoms with Crippen LogP contribution in [0.1, 0.15) is 66.3 Å². The minimum absolute atomic E-state index is 0.0621. The molecule has 252 valence electrons. The molecule has 0 fully saturated rings. The third-order valence-corrected chi connectivity index (χ3v) is 8.63. The van der Waals surface area contributed by atoms with Crippen LogP contribution in [-0.4, -0.2) is 90.1 Å². The first-order valence-electron chi connectivity index (χ1n) is 16.3. The standard InChI is InChI=1S/C36H46N4O7/c1-24-19-40(25(2)22-41)36(43)30-18-29(38-35(42)28-12-14-37-15-13-28)9-11-31(30)47-26(3)7-5-6-16-44-34(24)21-39(4)20-27-8-10-32-33(17-27)46-23-45-32/h8-15,17-18,24-26,34,41H,5-7,16,19-23H2,1-4H3,(H,38,42)/t24-,25+,26-,34-/m1/s1. The molecule has 0 saturated heterocycles. The van der Waals surface area contributed by atoms with Gasteiger partial charge in [0, 0.05) is 55.8 Å². The molecule has 2 N–H and O–H groups in total. The number of carbonyl (C=O) groups excluding carboxylic acids is 2. The number of anilines is 1. The number of nitrogens with one attached hydrogen (secondary N) is 1. The Kier molecular flexibility index (Phi) is 11.7. The predicted octanol–water partition coefficient (Wildman–Crippen LogP) is 4.99. The van der Waals surface area contributed by atoms with E-state index in [2.05, 4.69) is 29.2 Å². The average molecular weight is 647 g/mol. The molecular formula is C36H46N4O7. The maximum Gasteiger partial charge on any atom is 0.258 e. The first-order valence-corrected chi connectivity index (χ1v) is 16.3. The number of ether oxygens (including phenoxy) is 4. The largest absolute Gasteiger partial charge is 0.490 e. The summed E-state index contributed by atoms with van der Waals surface area (Å²) in [5.74, 6) is 1.29. The second-order valence-electron chi connectivity index (χ2n) is 12.6. The molecule has 1 aromatic heterocycles. The molecule has 0 radical (unpaired) electrons. The van der Waals surface area contributed by atoms with Gasteiger partial charge in [-0.15, -0.1) is 0 Å². The topological polar surface area (TPSA) is 123 Å². The van der Waals surface area contributed by atoms with Crippen LogP contribution >= 0.6 is 0 Å². The van der Waals surface area contributed by atoms with Crippen molar-refractivity contribution in [3.8, 4) is 17.2 Å². The lowest BCUT2D eigenvalue weighted by molar-refractivity contribution is -0.0177. The zero-order valence-corrected chi connectivity index (χ0v) is 27.7. The fraction of sp³-hybridized carbons (Fsp3) is 0.472. The maximum absolute atomic E-state index is 14.4. The molecule has 2 aromatic carbocycles. The van der Waals surface area contributed by atoms with Crippen LogP contribution in [0.25, 0.3) is 0 Å². The van der Waals surface area contributed by atoms with Gasteiger partial charge in [0.15, 0.2) is 11.5 Å². The molecule has 2 aliphatic rings. The summed E-state index contributed by atoms with van der Waals surface area (Å²) in [5, 5.41) is 13.1. The summed E-state index contributed by atoms with van der Waals surface area (Å²) in [6.45, 7) is 8.21. The molecule has 3 aromatic rings. The number of benzene rings is 2. The van der Waals surface area contributed by atoms with Crippen LogP contribution in [0.5, 0.6) is 17.2 Å². The van der Waals surface area contributed by atoms with Crippen molar-refractivity contribution in [3.63, 3.8) is 0 Å². The van der Waals surface area contributed by atoms with Gasteiger partial charge >= 0.3 is 0 Å². The number of fused-ring (bicyclic) bond motifs is 2. The van der Waals surface area contributed by atoms with Crippen LogP contribution in [0.15, 0.2) is 60.9 Å².